The van der Waals surface area contributed by atoms with Crippen LogP contribution in [0.4, 0.5) is 11.4 Å². The lowest BCUT2D eigenvalue weighted by atomic mass is 9.73. The molecule has 5 nitrogen and oxygen atoms in total. The van der Waals surface area contributed by atoms with Crippen LogP contribution in [0.25, 0.3) is 0 Å². The van der Waals surface area contributed by atoms with Crippen LogP contribution in [0.2, 0.25) is 0 Å². The van der Waals surface area contributed by atoms with Crippen molar-refractivity contribution in [2.24, 2.45) is 0 Å². The van der Waals surface area contributed by atoms with E-state index in [1.54, 1.807) is 0 Å². The van der Waals surface area contributed by atoms with Crippen molar-refractivity contribution in [2.45, 2.75) is 78.1 Å². The Morgan fingerprint density at radius 1 is 0.977 bits per heavy atom. The van der Waals surface area contributed by atoms with E-state index in [9.17, 15) is 10.1 Å². The molecule has 1 N–H and O–H groups in total. The van der Waals surface area contributed by atoms with Gasteiger partial charge in [0.25, 0.3) is 0 Å². The number of unbranched alkanes of at least 4 members (excludes halogenated alkanes) is 2. The number of nitrogens with one attached hydrogen (secondary N) is 1. The third kappa shape index (κ3) is 5.21. The minimum Gasteiger partial charge on any atom is -0.344 e. The smallest absolute Gasteiger partial charge is 0.209 e. The van der Waals surface area contributed by atoms with Crippen LogP contribution in [-0.4, -0.2) is 35.0 Å². The summed E-state index contributed by atoms with van der Waals surface area (Å²) < 4.78 is 4.35. The van der Waals surface area contributed by atoms with Crippen molar-refractivity contribution < 1.29 is 9.37 Å². The van der Waals surface area contributed by atoms with E-state index in [-0.39, 0.29) is 22.2 Å². The zero-order valence-corrected chi connectivity index (χ0v) is 29.5. The Balaban J connectivity index is 1.71. The lowest BCUT2D eigenvalue weighted by molar-refractivity contribution is -0.438. The van der Waals surface area contributed by atoms with Crippen LogP contribution >= 0.6 is 31.9 Å². The van der Waals surface area contributed by atoms with Crippen LogP contribution in [0.3, 0.4) is 0 Å². The molecule has 0 atom stereocenters. The van der Waals surface area contributed by atoms with E-state index in [4.69, 9.17) is 5.41 Å². The average molecular weight is 716 g/mol. The molecule has 2 aliphatic heterocycles. The molecule has 0 saturated heterocycles. The highest BCUT2D eigenvalue weighted by atomic mass is 79.9. The van der Waals surface area contributed by atoms with Gasteiger partial charge in [-0.2, -0.15) is 9.84 Å². The highest BCUT2D eigenvalue weighted by Crippen LogP contribution is 2.51. The standard InChI is InChI=1S/C37H39Br2N4O/c1-7-9-15-42-30-13-11-24(38)17-28(30)36(3,4)32(42)19-26-34(23(21-40)22-41)27(35(26)44)20-33-37(5,6)29-18-25(39)12-14-31(29)43(33)16-10-8-2/h11-14,17-20,40H,7-10,15-16H2,1-6H3/q+1. The number of fused-ring (bicyclic) bond motifs is 2. The molecule has 0 unspecified atom stereocenters. The molecule has 1 aliphatic carbocycles. The Morgan fingerprint density at radius 2 is 1.64 bits per heavy atom. The number of nitrogens with zero attached hydrogens (tertiary/aromatic N) is 3. The van der Waals surface area contributed by atoms with Gasteiger partial charge >= 0.3 is 0 Å². The molecule has 3 aliphatic rings. The predicted molar refractivity (Wildman–Crippen MR) is 186 cm³/mol. The summed E-state index contributed by atoms with van der Waals surface area (Å²) in [7, 11) is 0. The molecule has 226 valence electrons. The number of carbonyl (C=O) groups is 1. The molecule has 0 radical (unpaired) electrons. The molecule has 44 heavy (non-hydrogen) atoms. The first-order valence-electron chi connectivity index (χ1n) is 15.4. The van der Waals surface area contributed by atoms with Gasteiger partial charge in [0.2, 0.25) is 5.69 Å². The number of halogens is 2. The maximum atomic E-state index is 14.2. The summed E-state index contributed by atoms with van der Waals surface area (Å²) >= 11 is 7.30. The van der Waals surface area contributed by atoms with Gasteiger partial charge in [-0.25, -0.2) is 0 Å². The first-order chi connectivity index (χ1) is 20.9. The number of nitriles is 1. The third-order valence-corrected chi connectivity index (χ3v) is 10.2. The summed E-state index contributed by atoms with van der Waals surface area (Å²) in [6.07, 6.45) is 8.06. The minimum atomic E-state index is -0.361. The van der Waals surface area contributed by atoms with Crippen molar-refractivity contribution >= 4 is 60.6 Å². The molecule has 5 rings (SSSR count). The second-order valence-corrected chi connectivity index (χ2v) is 14.6. The van der Waals surface area contributed by atoms with Gasteiger partial charge in [0.15, 0.2) is 11.5 Å². The van der Waals surface area contributed by atoms with Crippen LogP contribution in [0.5, 0.6) is 0 Å². The Labute approximate surface area is 278 Å². The van der Waals surface area contributed by atoms with Crippen LogP contribution in [-0.2, 0) is 15.6 Å². The summed E-state index contributed by atoms with van der Waals surface area (Å²) in [5.74, 6) is 2.24. The van der Waals surface area contributed by atoms with Gasteiger partial charge < -0.3 is 4.90 Å². The number of hydrogen-bond acceptors (Lipinski definition) is 4. The van der Waals surface area contributed by atoms with Crippen molar-refractivity contribution in [1.29, 1.82) is 10.7 Å². The maximum Gasteiger partial charge on any atom is 0.209 e. The molecule has 7 heteroatoms. The number of hydrogen-bond donors (Lipinski definition) is 1. The monoisotopic (exact) mass is 713 g/mol. The molecule has 0 spiro atoms. The molecule has 0 amide bonds. The second-order valence-electron chi connectivity index (χ2n) is 12.8. The molecule has 2 aromatic rings. The summed E-state index contributed by atoms with van der Waals surface area (Å²) in [6.45, 7) is 14.8. The van der Waals surface area contributed by atoms with E-state index in [2.05, 4.69) is 131 Å². The van der Waals surface area contributed by atoms with Gasteiger partial charge in [-0.1, -0.05) is 72.4 Å². The van der Waals surface area contributed by atoms with Gasteiger partial charge in [-0.15, -0.1) is 0 Å². The fourth-order valence-corrected chi connectivity index (χ4v) is 7.47. The van der Waals surface area contributed by atoms with Crippen molar-refractivity contribution in [3.05, 3.63) is 96.6 Å². The zero-order valence-electron chi connectivity index (χ0n) is 26.4. The summed E-state index contributed by atoms with van der Waals surface area (Å²) in [4.78, 5) is 16.5. The van der Waals surface area contributed by atoms with Gasteiger partial charge in [0.1, 0.15) is 18.2 Å². The maximum absolute atomic E-state index is 14.2. The van der Waals surface area contributed by atoms with E-state index in [0.717, 1.165) is 70.5 Å². The number of benzene rings is 2. The Kier molecular flexibility index (Phi) is 8.93. The van der Waals surface area contributed by atoms with E-state index in [1.165, 1.54) is 11.1 Å². The summed E-state index contributed by atoms with van der Waals surface area (Å²) in [6, 6.07) is 14.9. The normalized spacial score (nSPS) is 19.7. The number of carbonyl (C=O) groups excluding carboxylic acids is 1. The molecule has 0 saturated carbocycles. The number of anilines is 1. The van der Waals surface area contributed by atoms with E-state index in [1.807, 2.05) is 12.2 Å². The van der Waals surface area contributed by atoms with Crippen LogP contribution in [0.15, 0.2) is 85.5 Å². The Hall–Kier alpha value is -3.30. The van der Waals surface area contributed by atoms with E-state index >= 15 is 0 Å². The fraction of sp³-hybridized carbons (Fsp3) is 0.378. The topological polar surface area (TPSA) is 71.0 Å². The molecule has 2 heterocycles. The number of ketones is 1. The molecule has 2 aromatic carbocycles. The highest BCUT2D eigenvalue weighted by molar-refractivity contribution is 9.10. The highest BCUT2D eigenvalue weighted by Gasteiger charge is 2.47. The first kappa shape index (κ1) is 32.1. The Bertz CT molecular complexity index is 1790. The lowest BCUT2D eigenvalue weighted by Gasteiger charge is -2.30. The van der Waals surface area contributed by atoms with Crippen LogP contribution < -0.4 is 4.90 Å². The van der Waals surface area contributed by atoms with Crippen molar-refractivity contribution in [1.82, 2.24) is 0 Å². The molecule has 0 fully saturated rings. The van der Waals surface area contributed by atoms with Crippen molar-refractivity contribution in [3.8, 4) is 6.07 Å². The lowest BCUT2D eigenvalue weighted by Crippen LogP contribution is -2.32. The van der Waals surface area contributed by atoms with Gasteiger partial charge in [0.05, 0.1) is 5.41 Å². The predicted octanol–water partition coefficient (Wildman–Crippen LogP) is 9.37. The number of allylic oxidation sites excluding steroid dienone is 7. The van der Waals surface area contributed by atoms with Crippen LogP contribution in [0.1, 0.15) is 78.4 Å². The number of Topliss-reactive ketones (excluding diaryl/α,β-unsaturated/α-hetero) is 1. The quantitative estimate of drug-likeness (QED) is 0.122. The Morgan fingerprint density at radius 3 is 2.27 bits per heavy atom. The number of rotatable bonds is 9. The average Bonchev–Trinajstić information content (AvgIpc) is 3.33. The van der Waals surface area contributed by atoms with Crippen molar-refractivity contribution in [3.63, 3.8) is 0 Å². The van der Waals surface area contributed by atoms with Gasteiger partial charge in [0, 0.05) is 73.1 Å². The fourth-order valence-electron chi connectivity index (χ4n) is 6.75. The minimum absolute atomic E-state index is 0.0793. The second kappa shape index (κ2) is 12.2. The summed E-state index contributed by atoms with van der Waals surface area (Å²) in [5, 5.41) is 18.1. The van der Waals surface area contributed by atoms with Gasteiger partial charge in [-0.05, 0) is 68.1 Å². The molecular formula is C37H39Br2N4O+. The van der Waals surface area contributed by atoms with Crippen LogP contribution in [0, 0.1) is 16.7 Å². The van der Waals surface area contributed by atoms with Crippen molar-refractivity contribution in [2.75, 3.05) is 18.0 Å². The SMILES string of the molecule is CCCCN1/C(=C/C2=C(C(=C=N)C#N)C(=C/C3=[N+](CCCC)c4ccc(Br)cc4C3(C)C)/C2=O)C(C)(C)c2cc(Br)ccc21. The first-order valence-corrected chi connectivity index (χ1v) is 17.0. The van der Waals surface area contributed by atoms with E-state index in [0.29, 0.717) is 16.7 Å². The molecule has 0 aromatic heterocycles. The molecular weight excluding hydrogens is 676 g/mol. The molecule has 0 bridgehead atoms. The zero-order chi connectivity index (χ0) is 32.0. The third-order valence-electron chi connectivity index (χ3n) is 9.26. The van der Waals surface area contributed by atoms with Gasteiger partial charge in [-0.3, -0.25) is 10.2 Å². The summed E-state index contributed by atoms with van der Waals surface area (Å²) in [5.41, 5.74) is 7.54. The largest absolute Gasteiger partial charge is 0.344 e. The van der Waals surface area contributed by atoms with E-state index < -0.39 is 0 Å².